The number of carbonyl (C=O) groups is 1. The second-order valence-corrected chi connectivity index (χ2v) is 6.05. The third-order valence-electron chi connectivity index (χ3n) is 4.05. The second-order valence-electron chi connectivity index (χ2n) is 5.62. The number of halogens is 1. The summed E-state index contributed by atoms with van der Waals surface area (Å²) in [6, 6.07) is 9.11. The van der Waals surface area contributed by atoms with Gasteiger partial charge in [0.05, 0.1) is 12.2 Å². The molecule has 4 nitrogen and oxygen atoms in total. The molecule has 0 aliphatic carbocycles. The van der Waals surface area contributed by atoms with E-state index in [1.807, 2.05) is 18.2 Å². The first-order chi connectivity index (χ1) is 11.1. The van der Waals surface area contributed by atoms with Gasteiger partial charge in [0.15, 0.2) is 0 Å². The number of nitrogens with zero attached hydrogens (tertiary/aromatic N) is 1. The highest BCUT2D eigenvalue weighted by Gasteiger charge is 2.23. The van der Waals surface area contributed by atoms with Crippen molar-refractivity contribution in [2.45, 2.75) is 32.7 Å². The number of aromatic nitrogens is 1. The van der Waals surface area contributed by atoms with Crippen LogP contribution in [0.2, 0.25) is 5.02 Å². The van der Waals surface area contributed by atoms with Crippen molar-refractivity contribution in [2.24, 2.45) is 0 Å². The molecule has 0 N–H and O–H groups in total. The monoisotopic (exact) mass is 331 g/mol. The van der Waals surface area contributed by atoms with E-state index in [-0.39, 0.29) is 11.5 Å². The lowest BCUT2D eigenvalue weighted by Gasteiger charge is -2.12. The van der Waals surface area contributed by atoms with Gasteiger partial charge in [0.1, 0.15) is 0 Å². The van der Waals surface area contributed by atoms with Gasteiger partial charge in [-0.2, -0.15) is 0 Å². The third kappa shape index (κ3) is 3.17. The quantitative estimate of drug-likeness (QED) is 0.808. The van der Waals surface area contributed by atoms with Crippen LogP contribution in [0.4, 0.5) is 0 Å². The summed E-state index contributed by atoms with van der Waals surface area (Å²) in [5.74, 6) is -0.356. The summed E-state index contributed by atoms with van der Waals surface area (Å²) < 4.78 is 6.86. The van der Waals surface area contributed by atoms with Gasteiger partial charge in [0.2, 0.25) is 0 Å². The predicted molar refractivity (Wildman–Crippen MR) is 89.2 cm³/mol. The van der Waals surface area contributed by atoms with Crippen LogP contribution < -0.4 is 5.56 Å². The first-order valence-electron chi connectivity index (χ1n) is 7.77. The molecule has 1 aliphatic heterocycles. The van der Waals surface area contributed by atoms with E-state index in [0.29, 0.717) is 35.7 Å². The molecule has 120 valence electrons. The molecule has 0 bridgehead atoms. The van der Waals surface area contributed by atoms with Crippen LogP contribution in [0.3, 0.4) is 0 Å². The topological polar surface area (TPSA) is 48.3 Å². The number of hydrogen-bond donors (Lipinski definition) is 0. The zero-order chi connectivity index (χ0) is 16.4. The number of carbonyl (C=O) groups excluding carboxylic acids is 1. The van der Waals surface area contributed by atoms with Gasteiger partial charge in [-0.15, -0.1) is 0 Å². The highest BCUT2D eigenvalue weighted by molar-refractivity contribution is 6.30. The van der Waals surface area contributed by atoms with Gasteiger partial charge in [0.25, 0.3) is 5.56 Å². The minimum atomic E-state index is -0.356. The molecule has 1 aliphatic rings. The van der Waals surface area contributed by atoms with Gasteiger partial charge >= 0.3 is 5.97 Å². The Morgan fingerprint density at radius 1 is 1.35 bits per heavy atom. The molecule has 23 heavy (non-hydrogen) atoms. The van der Waals surface area contributed by atoms with Crippen molar-refractivity contribution in [1.82, 2.24) is 4.57 Å². The number of hydrogen-bond acceptors (Lipinski definition) is 3. The predicted octanol–water partition coefficient (Wildman–Crippen LogP) is 3.22. The molecule has 0 saturated carbocycles. The van der Waals surface area contributed by atoms with Crippen LogP contribution in [0.5, 0.6) is 0 Å². The average Bonchev–Trinajstić information content (AvgIpc) is 3.00. The molecular formula is C18H18ClNO3. The molecule has 0 atom stereocenters. The van der Waals surface area contributed by atoms with Crippen molar-refractivity contribution < 1.29 is 9.53 Å². The largest absolute Gasteiger partial charge is 0.462 e. The first kappa shape index (κ1) is 15.8. The summed E-state index contributed by atoms with van der Waals surface area (Å²) in [5, 5.41) is 0.634. The molecular weight excluding hydrogens is 314 g/mol. The summed E-state index contributed by atoms with van der Waals surface area (Å²) in [7, 11) is 0. The third-order valence-corrected chi connectivity index (χ3v) is 4.28. The number of benzene rings is 1. The van der Waals surface area contributed by atoms with Crippen LogP contribution in [-0.2, 0) is 24.1 Å². The fourth-order valence-electron chi connectivity index (χ4n) is 3.05. The number of pyridine rings is 1. The van der Waals surface area contributed by atoms with Gasteiger partial charge in [-0.25, -0.2) is 4.79 Å². The second kappa shape index (κ2) is 6.59. The minimum absolute atomic E-state index is 0.0227. The van der Waals surface area contributed by atoms with Crippen molar-refractivity contribution in [3.63, 3.8) is 0 Å². The molecule has 0 amide bonds. The Hall–Kier alpha value is -2.07. The summed E-state index contributed by atoms with van der Waals surface area (Å²) in [6.45, 7) is 2.76. The summed E-state index contributed by atoms with van der Waals surface area (Å²) in [4.78, 5) is 24.9. The smallest absolute Gasteiger partial charge is 0.339 e. The van der Waals surface area contributed by atoms with E-state index in [2.05, 4.69) is 0 Å². The normalized spacial score (nSPS) is 13.0. The lowest BCUT2D eigenvalue weighted by Crippen LogP contribution is -2.26. The van der Waals surface area contributed by atoms with Gasteiger partial charge in [-0.05, 0) is 43.5 Å². The van der Waals surface area contributed by atoms with E-state index in [4.69, 9.17) is 16.3 Å². The molecule has 1 aromatic carbocycles. The molecule has 0 radical (unpaired) electrons. The van der Waals surface area contributed by atoms with Crippen molar-refractivity contribution in [3.8, 4) is 0 Å². The van der Waals surface area contributed by atoms with E-state index >= 15 is 0 Å². The SMILES string of the molecule is CCOC(=O)c1cc(Cc2cccc(Cl)c2)c(=O)n2c1CCC2. The fourth-order valence-corrected chi connectivity index (χ4v) is 3.26. The Morgan fingerprint density at radius 3 is 2.91 bits per heavy atom. The molecule has 2 aromatic rings. The fraction of sp³-hybridized carbons (Fsp3) is 0.333. The lowest BCUT2D eigenvalue weighted by atomic mass is 10.0. The van der Waals surface area contributed by atoms with E-state index in [1.54, 1.807) is 23.6 Å². The molecule has 2 heterocycles. The van der Waals surface area contributed by atoms with Crippen LogP contribution in [0.15, 0.2) is 35.1 Å². The zero-order valence-electron chi connectivity index (χ0n) is 13.0. The van der Waals surface area contributed by atoms with Crippen molar-refractivity contribution in [1.29, 1.82) is 0 Å². The maximum atomic E-state index is 12.7. The zero-order valence-corrected chi connectivity index (χ0v) is 13.7. The lowest BCUT2D eigenvalue weighted by molar-refractivity contribution is 0.0524. The van der Waals surface area contributed by atoms with E-state index < -0.39 is 0 Å². The number of rotatable bonds is 4. The van der Waals surface area contributed by atoms with Crippen LogP contribution in [0.1, 0.15) is 40.5 Å². The van der Waals surface area contributed by atoms with Crippen LogP contribution in [-0.4, -0.2) is 17.1 Å². The van der Waals surface area contributed by atoms with Crippen molar-refractivity contribution in [3.05, 3.63) is 68.1 Å². The Labute approximate surface area is 139 Å². The number of esters is 1. The van der Waals surface area contributed by atoms with Crippen LogP contribution in [0.25, 0.3) is 0 Å². The first-order valence-corrected chi connectivity index (χ1v) is 8.15. The number of ether oxygens (including phenoxy) is 1. The highest BCUT2D eigenvalue weighted by atomic mass is 35.5. The van der Waals surface area contributed by atoms with Crippen LogP contribution >= 0.6 is 11.6 Å². The van der Waals surface area contributed by atoms with Gasteiger partial charge in [0, 0.05) is 29.2 Å². The average molecular weight is 332 g/mol. The molecule has 5 heteroatoms. The van der Waals surface area contributed by atoms with Gasteiger partial charge < -0.3 is 9.30 Å². The van der Waals surface area contributed by atoms with Gasteiger partial charge in [-0.1, -0.05) is 23.7 Å². The minimum Gasteiger partial charge on any atom is -0.462 e. The Bertz CT molecular complexity index is 810. The Balaban J connectivity index is 2.05. The number of fused-ring (bicyclic) bond motifs is 1. The van der Waals surface area contributed by atoms with Crippen molar-refractivity contribution in [2.75, 3.05) is 6.61 Å². The molecule has 3 rings (SSSR count). The summed E-state index contributed by atoms with van der Waals surface area (Å²) >= 11 is 6.01. The van der Waals surface area contributed by atoms with Crippen molar-refractivity contribution >= 4 is 17.6 Å². The van der Waals surface area contributed by atoms with E-state index in [1.165, 1.54) is 0 Å². The molecule has 0 unspecified atom stereocenters. The molecule has 0 fully saturated rings. The highest BCUT2D eigenvalue weighted by Crippen LogP contribution is 2.21. The maximum absolute atomic E-state index is 12.7. The summed E-state index contributed by atoms with van der Waals surface area (Å²) in [6.07, 6.45) is 2.06. The molecule has 1 aromatic heterocycles. The summed E-state index contributed by atoms with van der Waals surface area (Å²) in [5.41, 5.74) is 2.83. The maximum Gasteiger partial charge on any atom is 0.339 e. The van der Waals surface area contributed by atoms with Gasteiger partial charge in [-0.3, -0.25) is 4.79 Å². The molecule has 0 spiro atoms. The molecule has 0 saturated heterocycles. The Kier molecular flexibility index (Phi) is 4.53. The van der Waals surface area contributed by atoms with Crippen LogP contribution in [0, 0.1) is 0 Å². The standard InChI is InChI=1S/C18H18ClNO3/c1-2-23-18(22)15-11-13(9-12-5-3-6-14(19)10-12)17(21)20-8-4-7-16(15)20/h3,5-6,10-11H,2,4,7-9H2,1H3. The Morgan fingerprint density at radius 2 is 2.17 bits per heavy atom. The van der Waals surface area contributed by atoms with E-state index in [0.717, 1.165) is 24.1 Å². The van der Waals surface area contributed by atoms with E-state index in [9.17, 15) is 9.59 Å².